The van der Waals surface area contributed by atoms with E-state index in [1.807, 2.05) is 25.1 Å². The highest BCUT2D eigenvalue weighted by Gasteiger charge is 2.26. The Morgan fingerprint density at radius 1 is 1.38 bits per heavy atom. The van der Waals surface area contributed by atoms with Gasteiger partial charge in [0.2, 0.25) is 5.91 Å². The lowest BCUT2D eigenvalue weighted by Gasteiger charge is -2.31. The number of aryl methyl sites for hydroxylation is 1. The van der Waals surface area contributed by atoms with Gasteiger partial charge in [-0.25, -0.2) is 0 Å². The fraction of sp³-hybridized carbons (Fsp3) is 0.588. The van der Waals surface area contributed by atoms with Crippen molar-refractivity contribution < 1.29 is 4.79 Å². The van der Waals surface area contributed by atoms with Crippen molar-refractivity contribution in [2.24, 2.45) is 0 Å². The minimum atomic E-state index is 0.0696. The molecular weight excluding hydrogens is 328 g/mol. The van der Waals surface area contributed by atoms with Gasteiger partial charge in [0.15, 0.2) is 0 Å². The number of nitrogens with one attached hydrogen (secondary N) is 1. The molecule has 0 radical (unpaired) electrons. The summed E-state index contributed by atoms with van der Waals surface area (Å²) in [5.74, 6) is 0.0696. The molecule has 1 aliphatic carbocycles. The second-order valence-electron chi connectivity index (χ2n) is 6.24. The molecule has 0 atom stereocenters. The number of rotatable bonds is 5. The predicted octanol–water partition coefficient (Wildman–Crippen LogP) is 4.35. The number of benzene rings is 1. The first-order chi connectivity index (χ1) is 9.97. The molecule has 1 aromatic carbocycles. The molecule has 0 aliphatic heterocycles. The van der Waals surface area contributed by atoms with Crippen molar-refractivity contribution in [3.63, 3.8) is 0 Å². The zero-order valence-corrected chi connectivity index (χ0v) is 14.7. The summed E-state index contributed by atoms with van der Waals surface area (Å²) in [4.78, 5) is 14.7. The molecule has 3 nitrogen and oxygen atoms in total. The van der Waals surface area contributed by atoms with Crippen LogP contribution >= 0.6 is 15.9 Å². The third kappa shape index (κ3) is 4.55. The largest absolute Gasteiger partial charge is 0.324 e. The highest BCUT2D eigenvalue weighted by Crippen LogP contribution is 2.26. The zero-order valence-electron chi connectivity index (χ0n) is 13.2. The molecule has 1 N–H and O–H groups in total. The molecule has 1 saturated carbocycles. The Labute approximate surface area is 136 Å². The Morgan fingerprint density at radius 3 is 2.62 bits per heavy atom. The Kier molecular flexibility index (Phi) is 5.82. The van der Waals surface area contributed by atoms with Crippen LogP contribution in [0.4, 0.5) is 5.69 Å². The first-order valence-corrected chi connectivity index (χ1v) is 8.58. The molecule has 0 heterocycles. The third-order valence-corrected chi connectivity index (χ3v) is 4.84. The minimum absolute atomic E-state index is 0.0696. The van der Waals surface area contributed by atoms with Crippen LogP contribution in [0.3, 0.4) is 0 Å². The van der Waals surface area contributed by atoms with Crippen LogP contribution < -0.4 is 5.32 Å². The Morgan fingerprint density at radius 2 is 2.05 bits per heavy atom. The lowest BCUT2D eigenvalue weighted by atomic mass is 10.1. The molecule has 1 aliphatic rings. The number of carbonyl (C=O) groups is 1. The summed E-state index contributed by atoms with van der Waals surface area (Å²) in [6, 6.07) is 6.95. The van der Waals surface area contributed by atoms with Crippen molar-refractivity contribution in [1.82, 2.24) is 4.90 Å². The van der Waals surface area contributed by atoms with Gasteiger partial charge in [-0.3, -0.25) is 9.69 Å². The van der Waals surface area contributed by atoms with Gasteiger partial charge in [-0.15, -0.1) is 0 Å². The SMILES string of the molecule is Cc1ccc(NC(=O)CN(C(C)C)C2CCCC2)c(Br)c1. The fourth-order valence-corrected chi connectivity index (χ4v) is 3.64. The fourth-order valence-electron chi connectivity index (χ4n) is 3.05. The van der Waals surface area contributed by atoms with E-state index in [1.165, 1.54) is 31.2 Å². The normalized spacial score (nSPS) is 15.9. The van der Waals surface area contributed by atoms with E-state index in [2.05, 4.69) is 40.0 Å². The summed E-state index contributed by atoms with van der Waals surface area (Å²) in [5, 5.41) is 3.02. The summed E-state index contributed by atoms with van der Waals surface area (Å²) in [5.41, 5.74) is 2.02. The van der Waals surface area contributed by atoms with Gasteiger partial charge in [-0.2, -0.15) is 0 Å². The molecule has 1 fully saturated rings. The van der Waals surface area contributed by atoms with Crippen molar-refractivity contribution in [2.75, 3.05) is 11.9 Å². The van der Waals surface area contributed by atoms with E-state index in [9.17, 15) is 4.79 Å². The summed E-state index contributed by atoms with van der Waals surface area (Å²) in [6.07, 6.45) is 5.03. The number of carbonyl (C=O) groups excluding carboxylic acids is 1. The average Bonchev–Trinajstić information content (AvgIpc) is 2.92. The summed E-state index contributed by atoms with van der Waals surface area (Å²) < 4.78 is 0.938. The van der Waals surface area contributed by atoms with E-state index < -0.39 is 0 Å². The molecule has 0 bridgehead atoms. The molecule has 1 amide bonds. The van der Waals surface area contributed by atoms with Crippen LogP contribution in [0.25, 0.3) is 0 Å². The maximum Gasteiger partial charge on any atom is 0.238 e. The molecule has 0 saturated heterocycles. The maximum atomic E-state index is 12.3. The smallest absolute Gasteiger partial charge is 0.238 e. The van der Waals surface area contributed by atoms with Gasteiger partial charge < -0.3 is 5.32 Å². The van der Waals surface area contributed by atoms with Crippen molar-refractivity contribution in [1.29, 1.82) is 0 Å². The second kappa shape index (κ2) is 7.41. The van der Waals surface area contributed by atoms with Crippen LogP contribution in [0.5, 0.6) is 0 Å². The molecule has 0 aromatic heterocycles. The van der Waals surface area contributed by atoms with E-state index in [0.717, 1.165) is 10.2 Å². The highest BCUT2D eigenvalue weighted by atomic mass is 79.9. The number of hydrogen-bond acceptors (Lipinski definition) is 2. The van der Waals surface area contributed by atoms with Crippen LogP contribution in [-0.2, 0) is 4.79 Å². The first-order valence-electron chi connectivity index (χ1n) is 7.79. The van der Waals surface area contributed by atoms with Gasteiger partial charge in [-0.05, 0) is 67.2 Å². The zero-order chi connectivity index (χ0) is 15.4. The van der Waals surface area contributed by atoms with Crippen LogP contribution in [-0.4, -0.2) is 29.4 Å². The lowest BCUT2D eigenvalue weighted by molar-refractivity contribution is -0.118. The van der Waals surface area contributed by atoms with Gasteiger partial charge in [0.25, 0.3) is 0 Å². The lowest BCUT2D eigenvalue weighted by Crippen LogP contribution is -2.43. The van der Waals surface area contributed by atoms with Crippen LogP contribution in [0.15, 0.2) is 22.7 Å². The van der Waals surface area contributed by atoms with Crippen molar-refractivity contribution in [2.45, 2.75) is 58.5 Å². The number of anilines is 1. The van der Waals surface area contributed by atoms with Crippen molar-refractivity contribution in [3.05, 3.63) is 28.2 Å². The monoisotopic (exact) mass is 352 g/mol. The standard InChI is InChI=1S/C17H25BrN2O/c1-12(2)20(14-6-4-5-7-14)11-17(21)19-16-9-8-13(3)10-15(16)18/h8-10,12,14H,4-7,11H2,1-3H3,(H,19,21). The van der Waals surface area contributed by atoms with E-state index in [0.29, 0.717) is 18.6 Å². The van der Waals surface area contributed by atoms with Crippen molar-refractivity contribution in [3.8, 4) is 0 Å². The molecule has 0 unspecified atom stereocenters. The van der Waals surface area contributed by atoms with Gasteiger partial charge in [0.05, 0.1) is 12.2 Å². The summed E-state index contributed by atoms with van der Waals surface area (Å²) >= 11 is 3.51. The number of amides is 1. The summed E-state index contributed by atoms with van der Waals surface area (Å²) in [6.45, 7) is 6.86. The van der Waals surface area contributed by atoms with Gasteiger partial charge in [-0.1, -0.05) is 18.9 Å². The topological polar surface area (TPSA) is 32.3 Å². The predicted molar refractivity (Wildman–Crippen MR) is 91.6 cm³/mol. The quantitative estimate of drug-likeness (QED) is 0.854. The molecule has 21 heavy (non-hydrogen) atoms. The van der Waals surface area contributed by atoms with E-state index in [1.54, 1.807) is 0 Å². The second-order valence-corrected chi connectivity index (χ2v) is 7.09. The number of hydrogen-bond donors (Lipinski definition) is 1. The molecule has 2 rings (SSSR count). The van der Waals surface area contributed by atoms with Crippen LogP contribution in [0, 0.1) is 6.92 Å². The van der Waals surface area contributed by atoms with E-state index >= 15 is 0 Å². The highest BCUT2D eigenvalue weighted by molar-refractivity contribution is 9.10. The maximum absolute atomic E-state index is 12.3. The first kappa shape index (κ1) is 16.5. The van der Waals surface area contributed by atoms with Gasteiger partial charge in [0, 0.05) is 16.6 Å². The van der Waals surface area contributed by atoms with Crippen LogP contribution in [0.1, 0.15) is 45.1 Å². The van der Waals surface area contributed by atoms with E-state index in [-0.39, 0.29) is 5.91 Å². The van der Waals surface area contributed by atoms with Crippen molar-refractivity contribution >= 4 is 27.5 Å². The number of nitrogens with zero attached hydrogens (tertiary/aromatic N) is 1. The molecule has 1 aromatic rings. The minimum Gasteiger partial charge on any atom is -0.324 e. The average molecular weight is 353 g/mol. The van der Waals surface area contributed by atoms with Crippen LogP contribution in [0.2, 0.25) is 0 Å². The van der Waals surface area contributed by atoms with Gasteiger partial charge in [0.1, 0.15) is 0 Å². The Bertz CT molecular complexity index is 496. The summed E-state index contributed by atoms with van der Waals surface area (Å²) in [7, 11) is 0. The Hall–Kier alpha value is -0.870. The molecule has 4 heteroatoms. The molecule has 0 spiro atoms. The molecular formula is C17H25BrN2O. The molecule has 116 valence electrons. The Balaban J connectivity index is 1.98. The number of halogens is 1. The van der Waals surface area contributed by atoms with Gasteiger partial charge >= 0.3 is 0 Å². The third-order valence-electron chi connectivity index (χ3n) is 4.18. The van der Waals surface area contributed by atoms with E-state index in [4.69, 9.17) is 0 Å².